The largest absolute Gasteiger partial charge is 0.381 e. The van der Waals surface area contributed by atoms with Gasteiger partial charge in [0.2, 0.25) is 11.8 Å². The van der Waals surface area contributed by atoms with Crippen LogP contribution in [0.2, 0.25) is 0 Å². The van der Waals surface area contributed by atoms with E-state index in [4.69, 9.17) is 4.74 Å². The number of piperazine rings is 1. The van der Waals surface area contributed by atoms with E-state index in [9.17, 15) is 9.59 Å². The summed E-state index contributed by atoms with van der Waals surface area (Å²) >= 11 is 0. The summed E-state index contributed by atoms with van der Waals surface area (Å²) in [6.45, 7) is 5.04. The highest BCUT2D eigenvalue weighted by atomic mass is 16.5. The molecule has 2 heterocycles. The van der Waals surface area contributed by atoms with E-state index in [2.05, 4.69) is 12.1 Å². The van der Waals surface area contributed by atoms with E-state index in [1.807, 2.05) is 35.0 Å². The van der Waals surface area contributed by atoms with E-state index >= 15 is 0 Å². The number of carbonyl (C=O) groups is 2. The van der Waals surface area contributed by atoms with Crippen LogP contribution in [0.3, 0.4) is 0 Å². The molecule has 0 bridgehead atoms. The summed E-state index contributed by atoms with van der Waals surface area (Å²) < 4.78 is 5.45. The Morgan fingerprint density at radius 3 is 2.62 bits per heavy atom. The second-order valence-electron chi connectivity index (χ2n) is 7.34. The molecule has 0 saturated carbocycles. The highest BCUT2D eigenvalue weighted by molar-refractivity contribution is 5.81. The third-order valence-electron chi connectivity index (χ3n) is 5.28. The van der Waals surface area contributed by atoms with Crippen molar-refractivity contribution in [3.63, 3.8) is 0 Å². The normalized spacial score (nSPS) is 19.6. The lowest BCUT2D eigenvalue weighted by Crippen LogP contribution is -2.52. The van der Waals surface area contributed by atoms with Crippen molar-refractivity contribution in [3.05, 3.63) is 35.9 Å². The second-order valence-corrected chi connectivity index (χ2v) is 7.34. The fourth-order valence-electron chi connectivity index (χ4n) is 3.53. The van der Waals surface area contributed by atoms with E-state index in [-0.39, 0.29) is 11.8 Å². The monoisotopic (exact) mass is 359 g/mol. The van der Waals surface area contributed by atoms with Crippen molar-refractivity contribution in [2.75, 3.05) is 53.0 Å². The summed E-state index contributed by atoms with van der Waals surface area (Å²) in [6.07, 6.45) is 2.01. The molecule has 3 rings (SSSR count). The van der Waals surface area contributed by atoms with Crippen molar-refractivity contribution in [3.8, 4) is 0 Å². The number of carbonyl (C=O) groups excluding carboxylic acids is 2. The van der Waals surface area contributed by atoms with Gasteiger partial charge in [-0.05, 0) is 24.3 Å². The van der Waals surface area contributed by atoms with Crippen molar-refractivity contribution in [2.45, 2.75) is 19.4 Å². The Balaban J connectivity index is 1.63. The van der Waals surface area contributed by atoms with Gasteiger partial charge in [-0.3, -0.25) is 14.5 Å². The average molecular weight is 359 g/mol. The van der Waals surface area contributed by atoms with Crippen LogP contribution in [0.4, 0.5) is 0 Å². The van der Waals surface area contributed by atoms with Crippen molar-refractivity contribution in [2.24, 2.45) is 5.92 Å². The maximum absolute atomic E-state index is 13.0. The van der Waals surface area contributed by atoms with Gasteiger partial charge >= 0.3 is 0 Å². The van der Waals surface area contributed by atoms with E-state index in [1.165, 1.54) is 0 Å². The molecule has 2 aliphatic heterocycles. The zero-order valence-corrected chi connectivity index (χ0v) is 15.6. The molecule has 0 N–H and O–H groups in total. The highest BCUT2D eigenvalue weighted by Gasteiger charge is 2.26. The van der Waals surface area contributed by atoms with Crippen molar-refractivity contribution in [1.82, 2.24) is 14.7 Å². The molecule has 6 heteroatoms. The van der Waals surface area contributed by atoms with Gasteiger partial charge in [-0.2, -0.15) is 0 Å². The van der Waals surface area contributed by atoms with E-state index in [1.54, 1.807) is 4.90 Å². The predicted octanol–water partition coefficient (Wildman–Crippen LogP) is 1.22. The quantitative estimate of drug-likeness (QED) is 0.766. The molecular weight excluding hydrogens is 330 g/mol. The second kappa shape index (κ2) is 9.14. The molecule has 2 amide bonds. The minimum Gasteiger partial charge on any atom is -0.381 e. The lowest BCUT2D eigenvalue weighted by molar-refractivity contribution is -0.139. The standard InChI is InChI=1S/C20H29N3O3/c1-21-9-10-22(15-19(21)24)16-20(25)23(13-17-5-3-2-4-6-17)14-18-7-11-26-12-8-18/h2-6,18H,7-16H2,1H3. The molecular formula is C20H29N3O3. The molecule has 0 unspecified atom stereocenters. The lowest BCUT2D eigenvalue weighted by Gasteiger charge is -2.34. The smallest absolute Gasteiger partial charge is 0.237 e. The van der Waals surface area contributed by atoms with Crippen molar-refractivity contribution >= 4 is 11.8 Å². The summed E-state index contributed by atoms with van der Waals surface area (Å²) in [5.41, 5.74) is 1.14. The minimum absolute atomic E-state index is 0.0862. The fraction of sp³-hybridized carbons (Fsp3) is 0.600. The molecule has 2 aliphatic rings. The molecule has 0 aromatic heterocycles. The maximum atomic E-state index is 13.0. The van der Waals surface area contributed by atoms with Crippen LogP contribution < -0.4 is 0 Å². The number of nitrogens with zero attached hydrogens (tertiary/aromatic N) is 3. The molecule has 0 radical (unpaired) electrons. The predicted molar refractivity (Wildman–Crippen MR) is 99.5 cm³/mol. The zero-order chi connectivity index (χ0) is 18.4. The number of rotatable bonds is 6. The third kappa shape index (κ3) is 5.29. The van der Waals surface area contributed by atoms with E-state index in [0.29, 0.717) is 32.1 Å². The number of likely N-dealkylation sites (N-methyl/N-ethyl adjacent to an activating group) is 1. The van der Waals surface area contributed by atoms with Gasteiger partial charge < -0.3 is 14.5 Å². The number of hydrogen-bond acceptors (Lipinski definition) is 4. The van der Waals surface area contributed by atoms with Gasteiger partial charge in [-0.15, -0.1) is 0 Å². The summed E-state index contributed by atoms with van der Waals surface area (Å²) in [6, 6.07) is 10.1. The first-order valence-electron chi connectivity index (χ1n) is 9.47. The topological polar surface area (TPSA) is 53.1 Å². The molecule has 6 nitrogen and oxygen atoms in total. The summed E-state index contributed by atoms with van der Waals surface area (Å²) in [4.78, 5) is 30.6. The van der Waals surface area contributed by atoms with Gasteiger partial charge in [0.05, 0.1) is 13.1 Å². The van der Waals surface area contributed by atoms with E-state index < -0.39 is 0 Å². The maximum Gasteiger partial charge on any atom is 0.237 e. The number of ether oxygens (including phenoxy) is 1. The van der Waals surface area contributed by atoms with Crippen molar-refractivity contribution in [1.29, 1.82) is 0 Å². The van der Waals surface area contributed by atoms with Crippen LogP contribution in [0.1, 0.15) is 18.4 Å². The van der Waals surface area contributed by atoms with Gasteiger partial charge in [0.25, 0.3) is 0 Å². The first-order chi connectivity index (χ1) is 12.6. The molecule has 0 aliphatic carbocycles. The third-order valence-corrected chi connectivity index (χ3v) is 5.28. The molecule has 26 heavy (non-hydrogen) atoms. The van der Waals surface area contributed by atoms with Crippen LogP contribution in [0.5, 0.6) is 0 Å². The van der Waals surface area contributed by atoms with E-state index in [0.717, 1.165) is 44.7 Å². The minimum atomic E-state index is 0.0862. The Kier molecular flexibility index (Phi) is 6.63. The Hall–Kier alpha value is -1.92. The Bertz CT molecular complexity index is 602. The number of hydrogen-bond donors (Lipinski definition) is 0. The summed E-state index contributed by atoms with van der Waals surface area (Å²) in [5, 5.41) is 0. The van der Waals surface area contributed by atoms with Gasteiger partial charge in [-0.1, -0.05) is 30.3 Å². The zero-order valence-electron chi connectivity index (χ0n) is 15.6. The molecule has 1 aromatic carbocycles. The molecule has 2 saturated heterocycles. The first-order valence-corrected chi connectivity index (χ1v) is 9.47. The van der Waals surface area contributed by atoms with Crippen LogP contribution in [0, 0.1) is 5.92 Å². The van der Waals surface area contributed by atoms with Crippen LogP contribution >= 0.6 is 0 Å². The number of amides is 2. The first kappa shape index (κ1) is 18.9. The SMILES string of the molecule is CN1CCN(CC(=O)N(Cc2ccccc2)CC2CCOCC2)CC1=O. The van der Waals surface area contributed by atoms with Crippen LogP contribution in [-0.4, -0.2) is 79.5 Å². The highest BCUT2D eigenvalue weighted by Crippen LogP contribution is 2.18. The molecule has 0 spiro atoms. The molecule has 1 aromatic rings. The molecule has 142 valence electrons. The van der Waals surface area contributed by atoms with Gasteiger partial charge in [0.15, 0.2) is 0 Å². The average Bonchev–Trinajstić information content (AvgIpc) is 2.66. The summed E-state index contributed by atoms with van der Waals surface area (Å²) in [5.74, 6) is 0.686. The Morgan fingerprint density at radius 2 is 1.92 bits per heavy atom. The van der Waals surface area contributed by atoms with Gasteiger partial charge in [0.1, 0.15) is 0 Å². The Labute approximate surface area is 155 Å². The molecule has 2 fully saturated rings. The van der Waals surface area contributed by atoms with Gasteiger partial charge in [-0.25, -0.2) is 0 Å². The number of benzene rings is 1. The van der Waals surface area contributed by atoms with Crippen molar-refractivity contribution < 1.29 is 14.3 Å². The van der Waals surface area contributed by atoms with Crippen LogP contribution in [0.25, 0.3) is 0 Å². The lowest BCUT2D eigenvalue weighted by atomic mass is 9.99. The summed E-state index contributed by atoms with van der Waals surface area (Å²) in [7, 11) is 1.81. The Morgan fingerprint density at radius 1 is 1.19 bits per heavy atom. The van der Waals surface area contributed by atoms with Crippen LogP contribution in [-0.2, 0) is 20.9 Å². The molecule has 0 atom stereocenters. The van der Waals surface area contributed by atoms with Crippen LogP contribution in [0.15, 0.2) is 30.3 Å². The van der Waals surface area contributed by atoms with Gasteiger partial charge in [0, 0.05) is 46.4 Å². The fourth-order valence-corrected chi connectivity index (χ4v) is 3.53.